The number of fused-ring (bicyclic) bond motifs is 1. The van der Waals surface area contributed by atoms with Gasteiger partial charge in [0.2, 0.25) is 0 Å². The van der Waals surface area contributed by atoms with Gasteiger partial charge in [0, 0.05) is 29.1 Å². The molecule has 1 atom stereocenters. The van der Waals surface area contributed by atoms with Gasteiger partial charge in [0.1, 0.15) is 5.58 Å². The quantitative estimate of drug-likeness (QED) is 0.926. The predicted molar refractivity (Wildman–Crippen MR) is 77.6 cm³/mol. The van der Waals surface area contributed by atoms with Crippen molar-refractivity contribution in [2.75, 3.05) is 13.1 Å². The monoisotopic (exact) mass is 307 g/mol. The van der Waals surface area contributed by atoms with Crippen LogP contribution < -0.4 is 0 Å². The molecule has 1 N–H and O–H groups in total. The van der Waals surface area contributed by atoms with E-state index in [1.54, 1.807) is 25.1 Å². The Kier molecular flexibility index (Phi) is 3.37. The highest BCUT2D eigenvalue weighted by atomic mass is 35.5. The summed E-state index contributed by atoms with van der Waals surface area (Å²) in [6.07, 6.45) is 0.478. The number of carbonyl (C=O) groups is 2. The molecule has 3 rings (SSSR count). The number of furan rings is 1. The summed E-state index contributed by atoms with van der Waals surface area (Å²) >= 11 is 5.96. The molecule has 0 aliphatic carbocycles. The van der Waals surface area contributed by atoms with Crippen molar-refractivity contribution < 1.29 is 19.1 Å². The summed E-state index contributed by atoms with van der Waals surface area (Å²) in [7, 11) is 0. The average Bonchev–Trinajstić information content (AvgIpc) is 3.04. The Labute approximate surface area is 126 Å². The molecule has 1 unspecified atom stereocenters. The van der Waals surface area contributed by atoms with Crippen LogP contribution in [0, 0.1) is 12.8 Å². The van der Waals surface area contributed by atoms with Gasteiger partial charge in [-0.3, -0.25) is 9.59 Å². The number of hydrogen-bond donors (Lipinski definition) is 1. The van der Waals surface area contributed by atoms with Crippen LogP contribution in [0.3, 0.4) is 0 Å². The smallest absolute Gasteiger partial charge is 0.308 e. The van der Waals surface area contributed by atoms with Crippen molar-refractivity contribution in [3.63, 3.8) is 0 Å². The van der Waals surface area contributed by atoms with Gasteiger partial charge >= 0.3 is 5.97 Å². The van der Waals surface area contributed by atoms with Gasteiger partial charge in [-0.25, -0.2) is 0 Å². The van der Waals surface area contributed by atoms with Gasteiger partial charge in [-0.1, -0.05) is 11.6 Å². The Balaban J connectivity index is 1.92. The Hall–Kier alpha value is -2.01. The zero-order valence-corrected chi connectivity index (χ0v) is 12.2. The Morgan fingerprint density at radius 2 is 2.19 bits per heavy atom. The second kappa shape index (κ2) is 5.07. The molecule has 110 valence electrons. The molecule has 0 saturated carbocycles. The van der Waals surface area contributed by atoms with Crippen LogP contribution in [-0.4, -0.2) is 35.0 Å². The Bertz CT molecular complexity index is 737. The van der Waals surface area contributed by atoms with Gasteiger partial charge in [0.05, 0.1) is 5.92 Å². The van der Waals surface area contributed by atoms with E-state index in [1.807, 2.05) is 0 Å². The first-order valence-electron chi connectivity index (χ1n) is 6.68. The van der Waals surface area contributed by atoms with Crippen LogP contribution in [0.2, 0.25) is 5.02 Å². The van der Waals surface area contributed by atoms with Crippen LogP contribution in [-0.2, 0) is 4.79 Å². The third-order valence-electron chi connectivity index (χ3n) is 3.92. The van der Waals surface area contributed by atoms with Gasteiger partial charge in [-0.2, -0.15) is 0 Å². The highest BCUT2D eigenvalue weighted by Gasteiger charge is 2.33. The largest absolute Gasteiger partial charge is 0.481 e. The Morgan fingerprint density at radius 3 is 2.86 bits per heavy atom. The number of carboxylic acids is 1. The highest BCUT2D eigenvalue weighted by Crippen LogP contribution is 2.29. The highest BCUT2D eigenvalue weighted by molar-refractivity contribution is 6.31. The van der Waals surface area contributed by atoms with Crippen molar-refractivity contribution in [2.24, 2.45) is 5.92 Å². The molecule has 1 amide bonds. The number of halogens is 1. The first-order chi connectivity index (χ1) is 9.97. The standard InChI is InChI=1S/C15H14ClNO4/c1-8-11-6-10(16)2-3-12(11)21-13(8)14(18)17-5-4-9(7-17)15(19)20/h2-3,6,9H,4-5,7H2,1H3,(H,19,20). The van der Waals surface area contributed by atoms with Crippen LogP contribution in [0.4, 0.5) is 0 Å². The minimum Gasteiger partial charge on any atom is -0.481 e. The lowest BCUT2D eigenvalue weighted by Gasteiger charge is -2.14. The van der Waals surface area contributed by atoms with Crippen LogP contribution in [0.25, 0.3) is 11.0 Å². The summed E-state index contributed by atoms with van der Waals surface area (Å²) < 4.78 is 5.63. The molecule has 1 aliphatic heterocycles. The lowest BCUT2D eigenvalue weighted by atomic mass is 10.1. The van der Waals surface area contributed by atoms with Gasteiger partial charge in [0.25, 0.3) is 5.91 Å². The number of hydrogen-bond acceptors (Lipinski definition) is 3. The zero-order chi connectivity index (χ0) is 15.1. The molecule has 1 aromatic carbocycles. The number of nitrogens with zero attached hydrogens (tertiary/aromatic N) is 1. The number of amides is 1. The number of aryl methyl sites for hydroxylation is 1. The molecular weight excluding hydrogens is 294 g/mol. The molecule has 0 bridgehead atoms. The fourth-order valence-corrected chi connectivity index (χ4v) is 2.86. The number of likely N-dealkylation sites (tertiary alicyclic amines) is 1. The van der Waals surface area contributed by atoms with E-state index in [0.29, 0.717) is 23.6 Å². The molecule has 1 saturated heterocycles. The maximum Gasteiger partial charge on any atom is 0.308 e. The minimum absolute atomic E-state index is 0.228. The summed E-state index contributed by atoms with van der Waals surface area (Å²) in [6.45, 7) is 2.47. The van der Waals surface area contributed by atoms with E-state index in [2.05, 4.69) is 0 Å². The van der Waals surface area contributed by atoms with E-state index in [9.17, 15) is 9.59 Å². The van der Waals surface area contributed by atoms with Crippen molar-refractivity contribution in [3.8, 4) is 0 Å². The molecule has 0 spiro atoms. The molecule has 21 heavy (non-hydrogen) atoms. The summed E-state index contributed by atoms with van der Waals surface area (Å²) in [6, 6.07) is 5.19. The molecule has 0 radical (unpaired) electrons. The van der Waals surface area contributed by atoms with Gasteiger partial charge in [-0.15, -0.1) is 0 Å². The first-order valence-corrected chi connectivity index (χ1v) is 7.06. The first kappa shape index (κ1) is 13.9. The van der Waals surface area contributed by atoms with Crippen LogP contribution in [0.5, 0.6) is 0 Å². The fourth-order valence-electron chi connectivity index (χ4n) is 2.69. The van der Waals surface area contributed by atoms with E-state index >= 15 is 0 Å². The molecule has 2 aromatic rings. The van der Waals surface area contributed by atoms with Crippen LogP contribution in [0.15, 0.2) is 22.6 Å². The van der Waals surface area contributed by atoms with Gasteiger partial charge in [0.15, 0.2) is 5.76 Å². The molecule has 1 fully saturated rings. The topological polar surface area (TPSA) is 70.8 Å². The number of benzene rings is 1. The van der Waals surface area contributed by atoms with Crippen molar-refractivity contribution in [1.29, 1.82) is 0 Å². The average molecular weight is 308 g/mol. The van der Waals surface area contributed by atoms with Crippen LogP contribution >= 0.6 is 11.6 Å². The molecule has 2 heterocycles. The summed E-state index contributed by atoms with van der Waals surface area (Å²) in [4.78, 5) is 25.0. The third kappa shape index (κ3) is 2.38. The SMILES string of the molecule is Cc1c(C(=O)N2CCC(C(=O)O)C2)oc2ccc(Cl)cc12. The van der Waals surface area contributed by atoms with E-state index < -0.39 is 11.9 Å². The maximum atomic E-state index is 12.5. The lowest BCUT2D eigenvalue weighted by molar-refractivity contribution is -0.141. The summed E-state index contributed by atoms with van der Waals surface area (Å²) in [5.74, 6) is -1.35. The number of aliphatic carboxylic acids is 1. The zero-order valence-electron chi connectivity index (χ0n) is 11.4. The van der Waals surface area contributed by atoms with Gasteiger partial charge < -0.3 is 14.4 Å². The second-order valence-electron chi connectivity index (χ2n) is 5.27. The molecule has 1 aromatic heterocycles. The molecule has 6 heteroatoms. The van der Waals surface area contributed by atoms with Gasteiger partial charge in [-0.05, 0) is 31.5 Å². The molecule has 5 nitrogen and oxygen atoms in total. The second-order valence-corrected chi connectivity index (χ2v) is 5.71. The normalized spacial score (nSPS) is 18.4. The molecular formula is C15H14ClNO4. The van der Waals surface area contributed by atoms with Crippen LogP contribution in [0.1, 0.15) is 22.5 Å². The number of carbonyl (C=O) groups excluding carboxylic acids is 1. The van der Waals surface area contributed by atoms with E-state index in [-0.39, 0.29) is 18.2 Å². The maximum absolute atomic E-state index is 12.5. The number of rotatable bonds is 2. The Morgan fingerprint density at radius 1 is 1.43 bits per heavy atom. The third-order valence-corrected chi connectivity index (χ3v) is 4.15. The van der Waals surface area contributed by atoms with E-state index in [1.165, 1.54) is 4.90 Å². The van der Waals surface area contributed by atoms with E-state index in [0.717, 1.165) is 10.9 Å². The van der Waals surface area contributed by atoms with E-state index in [4.69, 9.17) is 21.1 Å². The molecule has 1 aliphatic rings. The fraction of sp³-hybridized carbons (Fsp3) is 0.333. The summed E-state index contributed by atoms with van der Waals surface area (Å²) in [5, 5.41) is 10.4. The summed E-state index contributed by atoms with van der Waals surface area (Å²) in [5.41, 5.74) is 1.34. The minimum atomic E-state index is -0.863. The van der Waals surface area contributed by atoms with Crippen molar-refractivity contribution in [2.45, 2.75) is 13.3 Å². The number of carboxylic acid groups (broad SMARTS) is 1. The van der Waals surface area contributed by atoms with Crippen molar-refractivity contribution >= 4 is 34.4 Å². The predicted octanol–water partition coefficient (Wildman–Crippen LogP) is 2.94. The lowest BCUT2D eigenvalue weighted by Crippen LogP contribution is -2.30. The van der Waals surface area contributed by atoms with Crippen molar-refractivity contribution in [1.82, 2.24) is 4.90 Å². The van der Waals surface area contributed by atoms with Crippen molar-refractivity contribution in [3.05, 3.63) is 34.5 Å².